The number of allylic oxidation sites excluding steroid dienone is 3. The molecule has 9 heteroatoms. The van der Waals surface area contributed by atoms with Gasteiger partial charge >= 0.3 is 0 Å². The van der Waals surface area contributed by atoms with Gasteiger partial charge in [-0.05, 0) is 25.7 Å². The van der Waals surface area contributed by atoms with Crippen LogP contribution in [0.25, 0.3) is 0 Å². The summed E-state index contributed by atoms with van der Waals surface area (Å²) in [5, 5.41) is 13.2. The molecule has 302 valence electrons. The topological polar surface area (TPSA) is 108 Å². The van der Waals surface area contributed by atoms with Gasteiger partial charge in [0.1, 0.15) is 13.2 Å². The van der Waals surface area contributed by atoms with Gasteiger partial charge in [0, 0.05) is 6.42 Å². The van der Waals surface area contributed by atoms with E-state index < -0.39 is 26.6 Å². The third-order valence-electron chi connectivity index (χ3n) is 9.48. The summed E-state index contributed by atoms with van der Waals surface area (Å²) in [4.78, 5) is 24.1. The Morgan fingerprint density at radius 2 is 1.08 bits per heavy atom. The van der Waals surface area contributed by atoms with E-state index in [2.05, 4.69) is 24.4 Å². The van der Waals surface area contributed by atoms with Gasteiger partial charge < -0.3 is 28.8 Å². The van der Waals surface area contributed by atoms with Crippen molar-refractivity contribution in [1.29, 1.82) is 0 Å². The van der Waals surface area contributed by atoms with Crippen molar-refractivity contribution < 1.29 is 32.9 Å². The molecule has 51 heavy (non-hydrogen) atoms. The van der Waals surface area contributed by atoms with Crippen LogP contribution in [-0.4, -0.2) is 68.5 Å². The SMILES string of the molecule is CCCCCCCCCCCCCCCCCCCCCCCCC/C=C/CC/C=C/C(O)C(COP(=O)([O-])OCC[N+](C)(C)C)NC(=O)CC. The number of nitrogens with one attached hydrogen (secondary N) is 1. The van der Waals surface area contributed by atoms with Crippen molar-refractivity contribution in [1.82, 2.24) is 5.32 Å². The molecule has 0 spiro atoms. The molecule has 0 aliphatic rings. The average molecular weight is 743 g/mol. The summed E-state index contributed by atoms with van der Waals surface area (Å²) in [6.07, 6.45) is 42.1. The van der Waals surface area contributed by atoms with E-state index in [0.717, 1.165) is 19.3 Å². The molecule has 0 aliphatic carbocycles. The highest BCUT2D eigenvalue weighted by atomic mass is 31.2. The van der Waals surface area contributed by atoms with Crippen molar-refractivity contribution in [2.45, 2.75) is 199 Å². The first-order valence-electron chi connectivity index (χ1n) is 21.2. The van der Waals surface area contributed by atoms with Gasteiger partial charge in [-0.2, -0.15) is 0 Å². The second-order valence-corrected chi connectivity index (χ2v) is 17.1. The summed E-state index contributed by atoms with van der Waals surface area (Å²) in [6.45, 7) is 4.06. The number of carbonyl (C=O) groups is 1. The smallest absolute Gasteiger partial charge is 0.268 e. The summed E-state index contributed by atoms with van der Waals surface area (Å²) >= 11 is 0. The molecule has 0 aromatic heterocycles. The number of phosphoric acid groups is 1. The second-order valence-electron chi connectivity index (χ2n) is 15.7. The van der Waals surface area contributed by atoms with Crippen molar-refractivity contribution in [3.05, 3.63) is 24.3 Å². The van der Waals surface area contributed by atoms with Crippen LogP contribution < -0.4 is 10.2 Å². The first-order valence-corrected chi connectivity index (χ1v) is 22.7. The van der Waals surface area contributed by atoms with E-state index in [-0.39, 0.29) is 18.9 Å². The number of nitrogens with zero attached hydrogens (tertiary/aromatic N) is 1. The van der Waals surface area contributed by atoms with Gasteiger partial charge in [-0.25, -0.2) is 0 Å². The molecular formula is C42H83N2O6P. The number of amides is 1. The Bertz CT molecular complexity index is 891. The minimum absolute atomic E-state index is 0.00805. The molecule has 0 aromatic rings. The summed E-state index contributed by atoms with van der Waals surface area (Å²) in [5.74, 6) is -0.295. The standard InChI is InChI=1S/C42H83N2O6P/c1-6-8-9-10-11-12-13-14-15-16-17-18-19-20-21-22-23-24-25-26-27-28-29-30-31-32-33-34-35-36-41(45)40(43-42(46)7-2)39-50-51(47,48)49-38-37-44(3,4)5/h31-32,35-36,40-41,45H,6-30,33-34,37-39H2,1-5H3,(H-,43,46,47,48)/b32-31+,36-35+. The molecule has 0 rings (SSSR count). The molecule has 1 amide bonds. The number of quaternary nitrogens is 1. The highest BCUT2D eigenvalue weighted by molar-refractivity contribution is 7.45. The van der Waals surface area contributed by atoms with Crippen molar-refractivity contribution >= 4 is 13.7 Å². The average Bonchev–Trinajstić information content (AvgIpc) is 3.08. The molecule has 3 unspecified atom stereocenters. The highest BCUT2D eigenvalue weighted by Gasteiger charge is 2.22. The monoisotopic (exact) mass is 743 g/mol. The summed E-state index contributed by atoms with van der Waals surface area (Å²) < 4.78 is 22.6. The van der Waals surface area contributed by atoms with Gasteiger partial charge in [-0.15, -0.1) is 0 Å². The summed E-state index contributed by atoms with van der Waals surface area (Å²) in [7, 11) is 1.24. The molecule has 0 saturated heterocycles. The predicted octanol–water partition coefficient (Wildman–Crippen LogP) is 10.7. The number of unbranched alkanes of at least 4 members (excludes halogenated alkanes) is 24. The minimum Gasteiger partial charge on any atom is -0.756 e. The lowest BCUT2D eigenvalue weighted by Crippen LogP contribution is -2.45. The Hall–Kier alpha value is -1.02. The minimum atomic E-state index is -4.55. The highest BCUT2D eigenvalue weighted by Crippen LogP contribution is 2.38. The lowest BCUT2D eigenvalue weighted by atomic mass is 10.0. The normalized spacial score (nSPS) is 14.7. The summed E-state index contributed by atoms with van der Waals surface area (Å²) in [5.41, 5.74) is 0. The van der Waals surface area contributed by atoms with E-state index in [1.807, 2.05) is 27.2 Å². The first kappa shape index (κ1) is 50.0. The van der Waals surface area contributed by atoms with Gasteiger partial charge in [0.2, 0.25) is 5.91 Å². The van der Waals surface area contributed by atoms with Crippen molar-refractivity contribution in [2.24, 2.45) is 0 Å². The molecule has 3 atom stereocenters. The Labute approximate surface area is 315 Å². The second kappa shape index (κ2) is 34.7. The number of aliphatic hydroxyl groups is 1. The fourth-order valence-corrected chi connectivity index (χ4v) is 6.74. The van der Waals surface area contributed by atoms with E-state index in [4.69, 9.17) is 9.05 Å². The van der Waals surface area contributed by atoms with Gasteiger partial charge in [-0.1, -0.05) is 179 Å². The van der Waals surface area contributed by atoms with Crippen LogP contribution in [0, 0.1) is 0 Å². The van der Waals surface area contributed by atoms with Gasteiger partial charge in [0.05, 0.1) is 39.9 Å². The van der Waals surface area contributed by atoms with Gasteiger partial charge in [-0.3, -0.25) is 9.36 Å². The third-order valence-corrected chi connectivity index (χ3v) is 10.4. The zero-order valence-electron chi connectivity index (χ0n) is 34.1. The molecule has 0 fully saturated rings. The number of likely N-dealkylation sites (N-methyl/N-ethyl adjacent to an activating group) is 1. The number of carbonyl (C=O) groups excluding carboxylic acids is 1. The number of hydrogen-bond acceptors (Lipinski definition) is 6. The van der Waals surface area contributed by atoms with Crippen LogP contribution in [0.5, 0.6) is 0 Å². The van der Waals surface area contributed by atoms with Gasteiger partial charge in [0.25, 0.3) is 7.82 Å². The van der Waals surface area contributed by atoms with Crippen LogP contribution in [0.1, 0.15) is 187 Å². The molecule has 0 radical (unpaired) electrons. The predicted molar refractivity (Wildman–Crippen MR) is 215 cm³/mol. The van der Waals surface area contributed by atoms with Crippen molar-refractivity contribution in [3.63, 3.8) is 0 Å². The van der Waals surface area contributed by atoms with E-state index in [1.54, 1.807) is 13.0 Å². The molecule has 8 nitrogen and oxygen atoms in total. The molecule has 0 saturated carbocycles. The quantitative estimate of drug-likeness (QED) is 0.0282. The Morgan fingerprint density at radius 3 is 1.51 bits per heavy atom. The maximum absolute atomic E-state index is 12.2. The zero-order valence-corrected chi connectivity index (χ0v) is 35.0. The zero-order chi connectivity index (χ0) is 37.9. The molecule has 0 aromatic carbocycles. The lowest BCUT2D eigenvalue weighted by Gasteiger charge is -2.29. The van der Waals surface area contributed by atoms with Crippen LogP contribution >= 0.6 is 7.82 Å². The lowest BCUT2D eigenvalue weighted by molar-refractivity contribution is -0.870. The molecule has 0 heterocycles. The Morgan fingerprint density at radius 1 is 0.667 bits per heavy atom. The fourth-order valence-electron chi connectivity index (χ4n) is 6.02. The van der Waals surface area contributed by atoms with E-state index >= 15 is 0 Å². The molecule has 0 aliphatic heterocycles. The maximum atomic E-state index is 12.2. The van der Waals surface area contributed by atoms with Gasteiger partial charge in [0.15, 0.2) is 0 Å². The number of aliphatic hydroxyl groups excluding tert-OH is 1. The number of hydrogen-bond donors (Lipinski definition) is 2. The molecule has 2 N–H and O–H groups in total. The molecule has 0 bridgehead atoms. The van der Waals surface area contributed by atoms with E-state index in [0.29, 0.717) is 11.0 Å². The first-order chi connectivity index (χ1) is 24.5. The van der Waals surface area contributed by atoms with E-state index in [1.165, 1.54) is 148 Å². The van der Waals surface area contributed by atoms with Crippen LogP contribution in [0.4, 0.5) is 0 Å². The number of rotatable bonds is 38. The Balaban J connectivity index is 3.75. The van der Waals surface area contributed by atoms with E-state index in [9.17, 15) is 19.4 Å². The van der Waals surface area contributed by atoms with Crippen LogP contribution in [-0.2, 0) is 18.4 Å². The summed E-state index contributed by atoms with van der Waals surface area (Å²) in [6, 6.07) is -0.896. The van der Waals surface area contributed by atoms with Crippen molar-refractivity contribution in [2.75, 3.05) is 40.9 Å². The van der Waals surface area contributed by atoms with Crippen LogP contribution in [0.15, 0.2) is 24.3 Å². The third kappa shape index (κ3) is 37.1. The molecular weight excluding hydrogens is 659 g/mol. The van der Waals surface area contributed by atoms with Crippen LogP contribution in [0.3, 0.4) is 0 Å². The van der Waals surface area contributed by atoms with Crippen molar-refractivity contribution in [3.8, 4) is 0 Å². The fraction of sp³-hybridized carbons (Fsp3) is 0.881. The maximum Gasteiger partial charge on any atom is 0.268 e. The largest absolute Gasteiger partial charge is 0.756 e. The number of phosphoric ester groups is 1. The Kier molecular flexibility index (Phi) is 34.0. The van der Waals surface area contributed by atoms with Crippen LogP contribution in [0.2, 0.25) is 0 Å².